The molecule has 1 heterocycles. The minimum absolute atomic E-state index is 0.464. The molecule has 104 valence electrons. The van der Waals surface area contributed by atoms with E-state index < -0.39 is 0 Å². The molecule has 0 saturated carbocycles. The van der Waals surface area contributed by atoms with Crippen LogP contribution in [-0.4, -0.2) is 19.0 Å². The van der Waals surface area contributed by atoms with Gasteiger partial charge in [-0.25, -0.2) is 0 Å². The Morgan fingerprint density at radius 1 is 1.00 bits per heavy atom. The molecule has 0 spiro atoms. The lowest BCUT2D eigenvalue weighted by atomic mass is 10.0. The summed E-state index contributed by atoms with van der Waals surface area (Å²) in [7, 11) is 0. The minimum Gasteiger partial charge on any atom is -0.490 e. The average Bonchev–Trinajstić information content (AvgIpc) is 2.90. The van der Waals surface area contributed by atoms with E-state index in [-0.39, 0.29) is 0 Å². The average molecular weight is 286 g/mol. The molecule has 1 atom stereocenters. The van der Waals surface area contributed by atoms with Crippen molar-refractivity contribution in [1.82, 2.24) is 0 Å². The van der Waals surface area contributed by atoms with E-state index in [2.05, 4.69) is 24.3 Å². The molecule has 0 N–H and O–H groups in total. The number of para-hydroxylation sites is 2. The zero-order chi connectivity index (χ0) is 13.8. The molecular formula is C17H18O2S. The summed E-state index contributed by atoms with van der Waals surface area (Å²) in [5.74, 6) is 3.22. The summed E-state index contributed by atoms with van der Waals surface area (Å²) in [6.07, 6.45) is 0. The van der Waals surface area contributed by atoms with Crippen molar-refractivity contribution in [3.63, 3.8) is 0 Å². The lowest BCUT2D eigenvalue weighted by Crippen LogP contribution is -2.10. The number of thioether (sulfide) groups is 1. The summed E-state index contributed by atoms with van der Waals surface area (Å²) in [4.78, 5) is 1.39. The van der Waals surface area contributed by atoms with Gasteiger partial charge in [0.25, 0.3) is 0 Å². The number of benzene rings is 2. The zero-order valence-electron chi connectivity index (χ0n) is 11.5. The Balaban J connectivity index is 1.69. The molecule has 3 rings (SSSR count). The number of ether oxygens (including phenoxy) is 2. The standard InChI is InChI=1S/C17H18O2S/c1-2-18-15-8-4-5-9-16(15)19-11-13-12-20-17-10-6-3-7-14(13)17/h3-10,13H,2,11-12H2,1H3. The van der Waals surface area contributed by atoms with Crippen LogP contribution in [0.3, 0.4) is 0 Å². The molecule has 2 nitrogen and oxygen atoms in total. The van der Waals surface area contributed by atoms with E-state index in [1.807, 2.05) is 43.0 Å². The molecule has 0 aliphatic carbocycles. The maximum Gasteiger partial charge on any atom is 0.161 e. The Morgan fingerprint density at radius 3 is 2.50 bits per heavy atom. The van der Waals surface area contributed by atoms with Crippen LogP contribution in [0.25, 0.3) is 0 Å². The fourth-order valence-electron chi connectivity index (χ4n) is 2.40. The van der Waals surface area contributed by atoms with Crippen LogP contribution in [0.1, 0.15) is 18.4 Å². The molecule has 0 saturated heterocycles. The molecule has 0 amide bonds. The quantitative estimate of drug-likeness (QED) is 0.814. The Kier molecular flexibility index (Phi) is 4.16. The first-order chi connectivity index (χ1) is 9.88. The molecule has 1 aliphatic rings. The van der Waals surface area contributed by atoms with E-state index in [0.29, 0.717) is 19.1 Å². The second-order valence-corrected chi connectivity index (χ2v) is 5.80. The monoisotopic (exact) mass is 286 g/mol. The first-order valence-electron chi connectivity index (χ1n) is 6.95. The number of fused-ring (bicyclic) bond motifs is 1. The largest absolute Gasteiger partial charge is 0.490 e. The summed E-state index contributed by atoms with van der Waals surface area (Å²) in [6.45, 7) is 3.34. The highest BCUT2D eigenvalue weighted by atomic mass is 32.2. The van der Waals surface area contributed by atoms with Crippen molar-refractivity contribution in [1.29, 1.82) is 0 Å². The topological polar surface area (TPSA) is 18.5 Å². The van der Waals surface area contributed by atoms with Crippen molar-refractivity contribution in [3.8, 4) is 11.5 Å². The Morgan fingerprint density at radius 2 is 1.70 bits per heavy atom. The van der Waals surface area contributed by atoms with Gasteiger partial charge in [0, 0.05) is 16.6 Å². The van der Waals surface area contributed by atoms with Crippen LogP contribution in [0, 0.1) is 0 Å². The first kappa shape index (κ1) is 13.4. The fourth-order valence-corrected chi connectivity index (χ4v) is 3.63. The van der Waals surface area contributed by atoms with Crippen LogP contribution < -0.4 is 9.47 Å². The second-order valence-electron chi connectivity index (χ2n) is 4.74. The van der Waals surface area contributed by atoms with Crippen LogP contribution in [0.5, 0.6) is 11.5 Å². The van der Waals surface area contributed by atoms with E-state index in [1.54, 1.807) is 0 Å². The van der Waals surface area contributed by atoms with Crippen molar-refractivity contribution in [2.45, 2.75) is 17.7 Å². The van der Waals surface area contributed by atoms with E-state index in [4.69, 9.17) is 9.47 Å². The second kappa shape index (κ2) is 6.23. The van der Waals surface area contributed by atoms with Crippen LogP contribution in [0.2, 0.25) is 0 Å². The smallest absolute Gasteiger partial charge is 0.161 e. The summed E-state index contributed by atoms with van der Waals surface area (Å²) in [5, 5.41) is 0. The molecule has 1 aliphatic heterocycles. The van der Waals surface area contributed by atoms with Crippen LogP contribution in [-0.2, 0) is 0 Å². The maximum atomic E-state index is 5.99. The molecule has 2 aromatic rings. The zero-order valence-corrected chi connectivity index (χ0v) is 12.4. The van der Waals surface area contributed by atoms with Crippen LogP contribution >= 0.6 is 11.8 Å². The maximum absolute atomic E-state index is 5.99. The van der Waals surface area contributed by atoms with Gasteiger partial charge in [-0.15, -0.1) is 11.8 Å². The van der Waals surface area contributed by atoms with Gasteiger partial charge < -0.3 is 9.47 Å². The Hall–Kier alpha value is -1.61. The van der Waals surface area contributed by atoms with E-state index in [1.165, 1.54) is 10.5 Å². The van der Waals surface area contributed by atoms with Gasteiger partial charge in [0.05, 0.1) is 13.2 Å². The molecule has 3 heteroatoms. The lowest BCUT2D eigenvalue weighted by Gasteiger charge is -2.15. The summed E-state index contributed by atoms with van der Waals surface area (Å²) >= 11 is 1.91. The van der Waals surface area contributed by atoms with Crippen molar-refractivity contribution in [3.05, 3.63) is 54.1 Å². The lowest BCUT2D eigenvalue weighted by molar-refractivity contribution is 0.266. The first-order valence-corrected chi connectivity index (χ1v) is 7.93. The van der Waals surface area contributed by atoms with Gasteiger partial charge in [-0.3, -0.25) is 0 Å². The Labute approximate surface area is 124 Å². The van der Waals surface area contributed by atoms with Crippen molar-refractivity contribution in [2.24, 2.45) is 0 Å². The predicted octanol–water partition coefficient (Wildman–Crippen LogP) is 4.35. The van der Waals surface area contributed by atoms with Gasteiger partial charge in [-0.2, -0.15) is 0 Å². The van der Waals surface area contributed by atoms with Crippen molar-refractivity contribution < 1.29 is 9.47 Å². The van der Waals surface area contributed by atoms with E-state index >= 15 is 0 Å². The highest BCUT2D eigenvalue weighted by Gasteiger charge is 2.23. The molecular weight excluding hydrogens is 268 g/mol. The molecule has 20 heavy (non-hydrogen) atoms. The Bertz CT molecular complexity index is 583. The van der Waals surface area contributed by atoms with Crippen LogP contribution in [0.15, 0.2) is 53.4 Å². The minimum atomic E-state index is 0.464. The van der Waals surface area contributed by atoms with E-state index in [9.17, 15) is 0 Å². The molecule has 0 fully saturated rings. The van der Waals surface area contributed by atoms with Gasteiger partial charge in [-0.05, 0) is 30.7 Å². The summed E-state index contributed by atoms with van der Waals surface area (Å²) < 4.78 is 11.6. The van der Waals surface area contributed by atoms with Gasteiger partial charge in [0.1, 0.15) is 0 Å². The molecule has 1 unspecified atom stereocenters. The molecule has 0 aromatic heterocycles. The van der Waals surface area contributed by atoms with E-state index in [0.717, 1.165) is 17.3 Å². The van der Waals surface area contributed by atoms with Gasteiger partial charge in [0.15, 0.2) is 11.5 Å². The molecule has 0 radical (unpaired) electrons. The van der Waals surface area contributed by atoms with Gasteiger partial charge in [-0.1, -0.05) is 30.3 Å². The van der Waals surface area contributed by atoms with Gasteiger partial charge >= 0.3 is 0 Å². The normalized spacial score (nSPS) is 16.8. The third-order valence-corrected chi connectivity index (χ3v) is 4.64. The SMILES string of the molecule is CCOc1ccccc1OCC1CSc2ccccc21. The third kappa shape index (κ3) is 2.78. The fraction of sp³-hybridized carbons (Fsp3) is 0.294. The van der Waals surface area contributed by atoms with Gasteiger partial charge in [0.2, 0.25) is 0 Å². The highest BCUT2D eigenvalue weighted by molar-refractivity contribution is 7.99. The van der Waals surface area contributed by atoms with Crippen molar-refractivity contribution >= 4 is 11.8 Å². The number of rotatable bonds is 5. The third-order valence-electron chi connectivity index (χ3n) is 3.39. The number of hydrogen-bond acceptors (Lipinski definition) is 3. The molecule has 0 bridgehead atoms. The summed E-state index contributed by atoms with van der Waals surface area (Å²) in [6, 6.07) is 16.5. The highest BCUT2D eigenvalue weighted by Crippen LogP contribution is 2.40. The summed E-state index contributed by atoms with van der Waals surface area (Å²) in [5.41, 5.74) is 1.41. The number of hydrogen-bond donors (Lipinski definition) is 0. The van der Waals surface area contributed by atoms with Crippen molar-refractivity contribution in [2.75, 3.05) is 19.0 Å². The predicted molar refractivity (Wildman–Crippen MR) is 83.0 cm³/mol. The molecule has 2 aromatic carbocycles. The van der Waals surface area contributed by atoms with Crippen LogP contribution in [0.4, 0.5) is 0 Å².